The van der Waals surface area contributed by atoms with Crippen LogP contribution < -0.4 is 9.62 Å². The van der Waals surface area contributed by atoms with Gasteiger partial charge in [-0.15, -0.1) is 0 Å². The number of rotatable bonds is 12. The van der Waals surface area contributed by atoms with Gasteiger partial charge in [-0.05, 0) is 49.9 Å². The molecule has 0 heterocycles. The molecule has 1 N–H and O–H groups in total. The van der Waals surface area contributed by atoms with Crippen LogP contribution in [0.3, 0.4) is 0 Å². The lowest BCUT2D eigenvalue weighted by Crippen LogP contribution is -2.54. The Labute approximate surface area is 202 Å². The van der Waals surface area contributed by atoms with E-state index in [4.69, 9.17) is 0 Å². The van der Waals surface area contributed by atoms with Crippen molar-refractivity contribution in [2.24, 2.45) is 0 Å². The Kier molecular flexibility index (Phi) is 10.0. The van der Waals surface area contributed by atoms with Gasteiger partial charge in [0.25, 0.3) is 0 Å². The van der Waals surface area contributed by atoms with Crippen LogP contribution in [-0.2, 0) is 26.0 Å². The molecule has 0 saturated carbocycles. The van der Waals surface area contributed by atoms with Crippen LogP contribution in [0.4, 0.5) is 10.1 Å². The van der Waals surface area contributed by atoms with Crippen LogP contribution in [0.5, 0.6) is 0 Å². The summed E-state index contributed by atoms with van der Waals surface area (Å²) < 4.78 is 39.6. The second kappa shape index (κ2) is 12.5. The van der Waals surface area contributed by atoms with Crippen molar-refractivity contribution in [3.63, 3.8) is 0 Å². The summed E-state index contributed by atoms with van der Waals surface area (Å²) >= 11 is 0. The molecule has 2 atom stereocenters. The van der Waals surface area contributed by atoms with Gasteiger partial charge >= 0.3 is 0 Å². The number of benzene rings is 2. The van der Waals surface area contributed by atoms with Crippen LogP contribution in [0.25, 0.3) is 0 Å². The number of sulfonamides is 1. The van der Waals surface area contributed by atoms with Gasteiger partial charge in [-0.1, -0.05) is 50.2 Å². The number of hydrogen-bond acceptors (Lipinski definition) is 4. The van der Waals surface area contributed by atoms with Gasteiger partial charge < -0.3 is 10.2 Å². The van der Waals surface area contributed by atoms with Gasteiger partial charge in [0.15, 0.2) is 0 Å². The molecule has 0 spiro atoms. The topological polar surface area (TPSA) is 86.8 Å². The number of halogens is 1. The van der Waals surface area contributed by atoms with Crippen molar-refractivity contribution >= 4 is 27.5 Å². The Balaban J connectivity index is 2.36. The van der Waals surface area contributed by atoms with Crippen molar-refractivity contribution in [1.29, 1.82) is 0 Å². The number of hydrogen-bond donors (Lipinski definition) is 1. The first kappa shape index (κ1) is 27.3. The molecule has 2 rings (SSSR count). The minimum absolute atomic E-state index is 0.0518. The lowest BCUT2D eigenvalue weighted by Gasteiger charge is -2.33. The van der Waals surface area contributed by atoms with Crippen LogP contribution in [0.1, 0.15) is 39.2 Å². The number of amides is 2. The van der Waals surface area contributed by atoms with E-state index in [0.717, 1.165) is 28.6 Å². The van der Waals surface area contributed by atoms with E-state index in [-0.39, 0.29) is 24.2 Å². The van der Waals surface area contributed by atoms with Crippen LogP contribution in [0.15, 0.2) is 54.6 Å². The molecule has 2 aromatic carbocycles. The molecule has 0 saturated heterocycles. The Morgan fingerprint density at radius 2 is 1.71 bits per heavy atom. The van der Waals surface area contributed by atoms with E-state index in [1.54, 1.807) is 0 Å². The van der Waals surface area contributed by atoms with Crippen molar-refractivity contribution in [3.8, 4) is 0 Å². The first-order valence-electron chi connectivity index (χ1n) is 11.4. The fourth-order valence-corrected chi connectivity index (χ4v) is 4.42. The fraction of sp³-hybridized carbons (Fsp3) is 0.440. The van der Waals surface area contributed by atoms with Crippen LogP contribution in [-0.4, -0.2) is 56.6 Å². The zero-order valence-corrected chi connectivity index (χ0v) is 21.0. The van der Waals surface area contributed by atoms with E-state index in [1.807, 2.05) is 51.1 Å². The summed E-state index contributed by atoms with van der Waals surface area (Å²) in [6.45, 7) is 5.34. The highest BCUT2D eigenvalue weighted by atomic mass is 32.2. The van der Waals surface area contributed by atoms with Gasteiger partial charge in [0.05, 0.1) is 11.9 Å². The smallest absolute Gasteiger partial charge is 0.244 e. The van der Waals surface area contributed by atoms with Crippen LogP contribution in [0, 0.1) is 5.82 Å². The van der Waals surface area contributed by atoms with Crippen molar-refractivity contribution in [2.45, 2.75) is 52.1 Å². The van der Waals surface area contributed by atoms with Gasteiger partial charge in [0.2, 0.25) is 21.8 Å². The Hall–Kier alpha value is -2.94. The average Bonchev–Trinajstić information content (AvgIpc) is 2.79. The van der Waals surface area contributed by atoms with E-state index < -0.39 is 34.3 Å². The van der Waals surface area contributed by atoms with Crippen molar-refractivity contribution in [2.75, 3.05) is 23.7 Å². The predicted octanol–water partition coefficient (Wildman–Crippen LogP) is 3.36. The molecule has 186 valence electrons. The number of nitrogens with one attached hydrogen (secondary N) is 1. The molecule has 7 nitrogen and oxygen atoms in total. The normalized spacial score (nSPS) is 13.1. The van der Waals surface area contributed by atoms with E-state index >= 15 is 0 Å². The lowest BCUT2D eigenvalue weighted by atomic mass is 10.1. The SMILES string of the molecule is CC[C@@H](C)NC(=O)[C@@H](CC)N(CCc1ccccc1)C(=O)CN(c1cccc(F)c1)S(C)(=O)=O. The summed E-state index contributed by atoms with van der Waals surface area (Å²) in [6, 6.07) is 13.8. The number of carbonyl (C=O) groups excluding carboxylic acids is 2. The summed E-state index contributed by atoms with van der Waals surface area (Å²) in [7, 11) is -3.89. The molecule has 2 amide bonds. The van der Waals surface area contributed by atoms with Gasteiger partial charge in [0.1, 0.15) is 18.4 Å². The molecule has 0 aliphatic rings. The molecule has 0 aliphatic heterocycles. The summed E-state index contributed by atoms with van der Waals surface area (Å²) in [5, 5.41) is 2.92. The second-order valence-electron chi connectivity index (χ2n) is 8.31. The summed E-state index contributed by atoms with van der Waals surface area (Å²) in [5.41, 5.74) is 1.04. The van der Waals surface area contributed by atoms with E-state index in [1.165, 1.54) is 23.1 Å². The van der Waals surface area contributed by atoms with Crippen LogP contribution >= 0.6 is 0 Å². The summed E-state index contributed by atoms with van der Waals surface area (Å²) in [5.74, 6) is -1.43. The zero-order chi connectivity index (χ0) is 25.3. The molecular weight excluding hydrogens is 457 g/mol. The first-order chi connectivity index (χ1) is 16.1. The van der Waals surface area contributed by atoms with Gasteiger partial charge in [0, 0.05) is 12.6 Å². The minimum atomic E-state index is -3.89. The number of nitrogens with zero attached hydrogens (tertiary/aromatic N) is 2. The molecule has 34 heavy (non-hydrogen) atoms. The monoisotopic (exact) mass is 491 g/mol. The molecule has 0 fully saturated rings. The minimum Gasteiger partial charge on any atom is -0.352 e. The molecule has 9 heteroatoms. The Morgan fingerprint density at radius 1 is 1.03 bits per heavy atom. The van der Waals surface area contributed by atoms with Crippen molar-refractivity contribution in [3.05, 3.63) is 66.0 Å². The largest absolute Gasteiger partial charge is 0.352 e. The average molecular weight is 492 g/mol. The molecule has 2 aromatic rings. The highest BCUT2D eigenvalue weighted by Crippen LogP contribution is 2.20. The molecular formula is C25H34FN3O4S. The molecule has 0 aromatic heterocycles. The van der Waals surface area contributed by atoms with Crippen molar-refractivity contribution < 1.29 is 22.4 Å². The molecule has 0 radical (unpaired) electrons. The van der Waals surface area contributed by atoms with E-state index in [9.17, 15) is 22.4 Å². The summed E-state index contributed by atoms with van der Waals surface area (Å²) in [6.07, 6.45) is 2.56. The highest BCUT2D eigenvalue weighted by molar-refractivity contribution is 7.92. The van der Waals surface area contributed by atoms with Crippen LogP contribution in [0.2, 0.25) is 0 Å². The van der Waals surface area contributed by atoms with Gasteiger partial charge in [-0.3, -0.25) is 13.9 Å². The third kappa shape index (κ3) is 7.83. The fourth-order valence-electron chi connectivity index (χ4n) is 3.58. The quantitative estimate of drug-likeness (QED) is 0.493. The molecule has 0 unspecified atom stereocenters. The Morgan fingerprint density at radius 3 is 2.26 bits per heavy atom. The standard InChI is InChI=1S/C25H34FN3O4S/c1-5-19(3)27-25(31)23(6-2)28(16-15-20-11-8-7-9-12-20)24(30)18-29(34(4,32)33)22-14-10-13-21(26)17-22/h7-14,17,19,23H,5-6,15-16,18H2,1-4H3,(H,27,31)/t19-,23-/m1/s1. The third-order valence-electron chi connectivity index (χ3n) is 5.65. The Bertz CT molecular complexity index is 1060. The van der Waals surface area contributed by atoms with Crippen molar-refractivity contribution in [1.82, 2.24) is 10.2 Å². The van der Waals surface area contributed by atoms with Gasteiger partial charge in [-0.25, -0.2) is 12.8 Å². The second-order valence-corrected chi connectivity index (χ2v) is 10.2. The van der Waals surface area contributed by atoms with E-state index in [0.29, 0.717) is 12.8 Å². The zero-order valence-electron chi connectivity index (χ0n) is 20.2. The number of anilines is 1. The molecule has 0 aliphatic carbocycles. The van der Waals surface area contributed by atoms with E-state index in [2.05, 4.69) is 5.32 Å². The predicted molar refractivity (Wildman–Crippen MR) is 132 cm³/mol. The number of carbonyl (C=O) groups is 2. The summed E-state index contributed by atoms with van der Waals surface area (Å²) in [4.78, 5) is 27.9. The molecule has 0 bridgehead atoms. The first-order valence-corrected chi connectivity index (χ1v) is 13.3. The van der Waals surface area contributed by atoms with Gasteiger partial charge in [-0.2, -0.15) is 0 Å². The maximum Gasteiger partial charge on any atom is 0.244 e. The maximum absolute atomic E-state index is 13.8. The third-order valence-corrected chi connectivity index (χ3v) is 6.79. The maximum atomic E-state index is 13.8. The lowest BCUT2D eigenvalue weighted by molar-refractivity contribution is -0.139. The highest BCUT2D eigenvalue weighted by Gasteiger charge is 2.31.